The number of rotatable bonds is 9. The van der Waals surface area contributed by atoms with Gasteiger partial charge in [-0.05, 0) is 44.2 Å². The Labute approximate surface area is 252 Å². The first-order valence-electron chi connectivity index (χ1n) is 13.9. The second-order valence-corrected chi connectivity index (χ2v) is 11.9. The smallest absolute Gasteiger partial charge is 0.455 e. The van der Waals surface area contributed by atoms with Crippen molar-refractivity contribution in [3.63, 3.8) is 0 Å². The highest BCUT2D eigenvalue weighted by Crippen LogP contribution is 2.34. The zero-order valence-electron chi connectivity index (χ0n) is 23.8. The minimum absolute atomic E-state index is 0.199. The Hall–Kier alpha value is -4.36. The summed E-state index contributed by atoms with van der Waals surface area (Å²) in [6.45, 7) is 4.74. The van der Waals surface area contributed by atoms with E-state index in [4.69, 9.17) is 4.42 Å². The molecule has 44 heavy (non-hydrogen) atoms. The quantitative estimate of drug-likeness (QED) is 0.158. The molecule has 0 spiro atoms. The van der Waals surface area contributed by atoms with Crippen molar-refractivity contribution in [2.24, 2.45) is 0 Å². The summed E-state index contributed by atoms with van der Waals surface area (Å²) in [5, 5.41) is 3.23. The van der Waals surface area contributed by atoms with E-state index in [1.165, 1.54) is 18.2 Å². The molecule has 9 nitrogen and oxygen atoms in total. The minimum atomic E-state index is -5.79. The van der Waals surface area contributed by atoms with E-state index in [0.717, 1.165) is 5.56 Å². The summed E-state index contributed by atoms with van der Waals surface area (Å²) in [4.78, 5) is 30.1. The molecule has 1 fully saturated rings. The summed E-state index contributed by atoms with van der Waals surface area (Å²) >= 11 is 0. The third-order valence-electron chi connectivity index (χ3n) is 7.42. The second-order valence-electron chi connectivity index (χ2n) is 10.3. The maximum atomic E-state index is 13.1. The highest BCUT2D eigenvalue weighted by Gasteiger charge is 2.49. The molecule has 5 rings (SSSR count). The van der Waals surface area contributed by atoms with Crippen molar-refractivity contribution in [1.82, 2.24) is 10.2 Å². The Balaban J connectivity index is 1.17. The van der Waals surface area contributed by atoms with Crippen molar-refractivity contribution in [2.75, 3.05) is 44.2 Å². The van der Waals surface area contributed by atoms with E-state index in [0.29, 0.717) is 62.4 Å². The first-order chi connectivity index (χ1) is 21.0. The van der Waals surface area contributed by atoms with Gasteiger partial charge in [0.1, 0.15) is 5.76 Å². The van der Waals surface area contributed by atoms with E-state index in [2.05, 4.69) is 14.4 Å². The molecule has 232 valence electrons. The van der Waals surface area contributed by atoms with Crippen molar-refractivity contribution in [2.45, 2.75) is 18.9 Å². The molecular weight excluding hydrogens is 599 g/mol. The Morgan fingerprint density at radius 3 is 2.34 bits per heavy atom. The average Bonchev–Trinajstić information content (AvgIpc) is 3.01. The van der Waals surface area contributed by atoms with E-state index in [1.807, 2.05) is 30.3 Å². The third-order valence-corrected chi connectivity index (χ3v) is 8.39. The summed E-state index contributed by atoms with van der Waals surface area (Å²) in [7, 11) is -5.79. The average molecular weight is 630 g/mol. The Morgan fingerprint density at radius 2 is 1.64 bits per heavy atom. The topological polar surface area (TPSA) is 109 Å². The molecule has 0 unspecified atom stereocenters. The highest BCUT2D eigenvalue weighted by atomic mass is 32.2. The predicted molar refractivity (Wildman–Crippen MR) is 160 cm³/mol. The summed E-state index contributed by atoms with van der Waals surface area (Å²) < 4.78 is 72.1. The summed E-state index contributed by atoms with van der Waals surface area (Å²) in [5.74, 6) is -0.327. The van der Waals surface area contributed by atoms with E-state index in [1.54, 1.807) is 36.1 Å². The van der Waals surface area contributed by atoms with Gasteiger partial charge >= 0.3 is 15.6 Å². The number of benzene rings is 3. The van der Waals surface area contributed by atoms with Crippen LogP contribution in [0.1, 0.15) is 22.3 Å². The van der Waals surface area contributed by atoms with Gasteiger partial charge in [0, 0.05) is 43.9 Å². The fourth-order valence-electron chi connectivity index (χ4n) is 5.12. The fraction of sp³-hybridized carbons (Fsp3) is 0.290. The third kappa shape index (κ3) is 6.58. The van der Waals surface area contributed by atoms with Crippen LogP contribution in [0.4, 0.5) is 18.9 Å². The number of fused-ring (bicyclic) bond motifs is 1. The lowest BCUT2D eigenvalue weighted by atomic mass is 10.0. The number of hydrogen-bond acceptors (Lipinski definition) is 8. The second kappa shape index (κ2) is 12.7. The molecule has 1 aliphatic heterocycles. The SMILES string of the molecule is Cc1c(-c2ccccc2)oc2c(C(=O)NCCCN3CCN(c4ccccc4OS(=O)(=O)C(F)(F)F)CC3)cccc2c1=O. The molecular formula is C31H30F3N3O6S. The van der Waals surface area contributed by atoms with Gasteiger partial charge < -0.3 is 18.8 Å². The van der Waals surface area contributed by atoms with Crippen LogP contribution in [0.2, 0.25) is 0 Å². The monoisotopic (exact) mass is 629 g/mol. The Morgan fingerprint density at radius 1 is 0.955 bits per heavy atom. The molecule has 2 heterocycles. The molecule has 0 radical (unpaired) electrons. The normalized spacial score (nSPS) is 14.5. The standard InChI is InChI=1S/C31H30F3N3O6S/c1-21-27(38)23-11-7-12-24(29(23)42-28(21)22-9-3-2-4-10-22)30(39)35-15-8-16-36-17-19-37(20-18-36)25-13-5-6-14-26(25)43-44(40,41)31(32,33)34/h2-7,9-14H,8,15-20H2,1H3,(H,35,39). The van der Waals surface area contributed by atoms with E-state index < -0.39 is 15.6 Å². The molecule has 13 heteroatoms. The van der Waals surface area contributed by atoms with Crippen LogP contribution in [0.5, 0.6) is 5.75 Å². The maximum Gasteiger partial charge on any atom is 0.534 e. The number of halogens is 3. The van der Waals surface area contributed by atoms with Crippen molar-refractivity contribution in [3.8, 4) is 17.1 Å². The zero-order chi connectivity index (χ0) is 31.5. The number of carbonyl (C=O) groups is 1. The molecule has 1 saturated heterocycles. The van der Waals surface area contributed by atoms with Crippen LogP contribution in [0.3, 0.4) is 0 Å². The number of anilines is 1. The van der Waals surface area contributed by atoms with Crippen molar-refractivity contribution in [1.29, 1.82) is 0 Å². The zero-order valence-corrected chi connectivity index (χ0v) is 24.6. The maximum absolute atomic E-state index is 13.1. The molecule has 4 aromatic rings. The molecule has 1 aliphatic rings. The van der Waals surface area contributed by atoms with Crippen LogP contribution >= 0.6 is 0 Å². The van der Waals surface area contributed by atoms with Crippen LogP contribution in [-0.4, -0.2) is 64.0 Å². The van der Waals surface area contributed by atoms with Crippen LogP contribution in [-0.2, 0) is 10.1 Å². The van der Waals surface area contributed by atoms with Gasteiger partial charge in [-0.15, -0.1) is 0 Å². The number of para-hydroxylation sites is 3. The number of piperazine rings is 1. The largest absolute Gasteiger partial charge is 0.534 e. The predicted octanol–water partition coefficient (Wildman–Crippen LogP) is 4.94. The molecule has 0 atom stereocenters. The van der Waals surface area contributed by atoms with Crippen LogP contribution in [0.15, 0.2) is 82.0 Å². The lowest BCUT2D eigenvalue weighted by molar-refractivity contribution is -0.0499. The number of nitrogens with one attached hydrogen (secondary N) is 1. The van der Waals surface area contributed by atoms with Crippen molar-refractivity contribution in [3.05, 3.63) is 94.1 Å². The van der Waals surface area contributed by atoms with E-state index >= 15 is 0 Å². The number of hydrogen-bond donors (Lipinski definition) is 1. The van der Waals surface area contributed by atoms with Gasteiger partial charge in [-0.1, -0.05) is 48.5 Å². The Bertz CT molecular complexity index is 1820. The van der Waals surface area contributed by atoms with Gasteiger partial charge in [0.2, 0.25) is 0 Å². The molecule has 3 aromatic carbocycles. The fourth-order valence-corrected chi connectivity index (χ4v) is 5.59. The number of alkyl halides is 3. The lowest BCUT2D eigenvalue weighted by Crippen LogP contribution is -2.47. The Kier molecular flexibility index (Phi) is 8.97. The van der Waals surface area contributed by atoms with Crippen molar-refractivity contribution >= 4 is 32.7 Å². The van der Waals surface area contributed by atoms with Gasteiger partial charge in [-0.2, -0.15) is 21.6 Å². The summed E-state index contributed by atoms with van der Waals surface area (Å²) in [6.07, 6.45) is 0.623. The molecule has 1 N–H and O–H groups in total. The first-order valence-corrected chi connectivity index (χ1v) is 15.3. The summed E-state index contributed by atoms with van der Waals surface area (Å²) in [6, 6.07) is 19.8. The lowest BCUT2D eigenvalue weighted by Gasteiger charge is -2.36. The molecule has 1 amide bonds. The van der Waals surface area contributed by atoms with Crippen LogP contribution in [0, 0.1) is 6.92 Å². The van der Waals surface area contributed by atoms with Crippen molar-refractivity contribution < 1.29 is 35.0 Å². The van der Waals surface area contributed by atoms with Gasteiger partial charge in [0.05, 0.1) is 16.6 Å². The van der Waals surface area contributed by atoms with Gasteiger partial charge in [-0.3, -0.25) is 14.5 Å². The van der Waals surface area contributed by atoms with Crippen LogP contribution in [0.25, 0.3) is 22.3 Å². The molecule has 0 saturated carbocycles. The number of nitrogens with zero attached hydrogens (tertiary/aromatic N) is 2. The van der Waals surface area contributed by atoms with Crippen LogP contribution < -0.4 is 19.8 Å². The van der Waals surface area contributed by atoms with Gasteiger partial charge in [0.25, 0.3) is 5.91 Å². The molecule has 0 aliphatic carbocycles. The summed E-state index contributed by atoms with van der Waals surface area (Å²) in [5.41, 5.74) is -3.78. The van der Waals surface area contributed by atoms with Gasteiger partial charge in [-0.25, -0.2) is 0 Å². The highest BCUT2D eigenvalue weighted by molar-refractivity contribution is 7.88. The van der Waals surface area contributed by atoms with Gasteiger partial charge in [0.15, 0.2) is 16.8 Å². The van der Waals surface area contributed by atoms with E-state index in [9.17, 15) is 31.2 Å². The molecule has 0 bridgehead atoms. The first kappa shape index (κ1) is 31.1. The van der Waals surface area contributed by atoms with E-state index in [-0.39, 0.29) is 33.9 Å². The minimum Gasteiger partial charge on any atom is -0.455 e. The number of carbonyl (C=O) groups excluding carboxylic acids is 1. The molecule has 1 aromatic heterocycles. The number of amides is 1.